The third kappa shape index (κ3) is 3.20. The predicted molar refractivity (Wildman–Crippen MR) is 81.4 cm³/mol. The number of fused-ring (bicyclic) bond motifs is 1. The number of rotatable bonds is 3. The molecule has 0 radical (unpaired) electrons. The highest BCUT2D eigenvalue weighted by Crippen LogP contribution is 2.27. The molecule has 0 aromatic heterocycles. The van der Waals surface area contributed by atoms with E-state index < -0.39 is 0 Å². The standard InChI is InChI=1S/C18H27N/c1-14(15-8-4-2-3-5-9-15)19-18-12-16-10-6-7-11-17(16)13-18/h6-7,10-11,14-15,18-19H,2-5,8-9,12-13H2,1H3/t14-/m1/s1. The van der Waals surface area contributed by atoms with Crippen LogP contribution in [0.5, 0.6) is 0 Å². The maximum atomic E-state index is 3.92. The smallest absolute Gasteiger partial charge is 0.0151 e. The van der Waals surface area contributed by atoms with Crippen LogP contribution in [0.3, 0.4) is 0 Å². The molecule has 0 aliphatic heterocycles. The van der Waals surface area contributed by atoms with Gasteiger partial charge in [-0.3, -0.25) is 0 Å². The molecule has 0 saturated heterocycles. The van der Waals surface area contributed by atoms with Crippen LogP contribution >= 0.6 is 0 Å². The first-order chi connectivity index (χ1) is 9.33. The molecule has 2 aliphatic carbocycles. The van der Waals surface area contributed by atoms with E-state index in [0.29, 0.717) is 12.1 Å². The van der Waals surface area contributed by atoms with Gasteiger partial charge in [0, 0.05) is 12.1 Å². The second-order valence-electron chi connectivity index (χ2n) is 6.58. The van der Waals surface area contributed by atoms with E-state index in [4.69, 9.17) is 0 Å². The largest absolute Gasteiger partial charge is 0.311 e. The van der Waals surface area contributed by atoms with Gasteiger partial charge in [-0.05, 0) is 49.7 Å². The normalized spacial score (nSPS) is 23.0. The van der Waals surface area contributed by atoms with Crippen molar-refractivity contribution >= 4 is 0 Å². The van der Waals surface area contributed by atoms with Crippen molar-refractivity contribution < 1.29 is 0 Å². The first kappa shape index (κ1) is 13.2. The van der Waals surface area contributed by atoms with Gasteiger partial charge in [0.2, 0.25) is 0 Å². The minimum atomic E-state index is 0.677. The summed E-state index contributed by atoms with van der Waals surface area (Å²) < 4.78 is 0. The van der Waals surface area contributed by atoms with E-state index in [1.165, 1.54) is 51.4 Å². The lowest BCUT2D eigenvalue weighted by Gasteiger charge is -2.27. The molecule has 19 heavy (non-hydrogen) atoms. The molecular formula is C18H27N. The first-order valence-corrected chi connectivity index (χ1v) is 8.16. The lowest BCUT2D eigenvalue weighted by atomic mass is 9.92. The van der Waals surface area contributed by atoms with Gasteiger partial charge >= 0.3 is 0 Å². The monoisotopic (exact) mass is 257 g/mol. The zero-order valence-electron chi connectivity index (χ0n) is 12.2. The highest BCUT2D eigenvalue weighted by atomic mass is 15.0. The number of nitrogens with one attached hydrogen (secondary N) is 1. The van der Waals surface area contributed by atoms with E-state index in [0.717, 1.165) is 5.92 Å². The molecule has 1 aromatic carbocycles. The van der Waals surface area contributed by atoms with E-state index in [2.05, 4.69) is 36.5 Å². The zero-order chi connectivity index (χ0) is 13.1. The molecule has 1 atom stereocenters. The fraction of sp³-hybridized carbons (Fsp3) is 0.667. The van der Waals surface area contributed by atoms with Gasteiger partial charge in [0.05, 0.1) is 0 Å². The van der Waals surface area contributed by atoms with Gasteiger partial charge in [-0.25, -0.2) is 0 Å². The molecule has 1 fully saturated rings. The first-order valence-electron chi connectivity index (χ1n) is 8.16. The van der Waals surface area contributed by atoms with Crippen molar-refractivity contribution in [2.24, 2.45) is 5.92 Å². The van der Waals surface area contributed by atoms with Crippen LogP contribution in [0.25, 0.3) is 0 Å². The molecule has 0 amide bonds. The predicted octanol–water partition coefficient (Wildman–Crippen LogP) is 4.10. The van der Waals surface area contributed by atoms with E-state index in [9.17, 15) is 0 Å². The molecule has 1 aromatic rings. The van der Waals surface area contributed by atoms with Crippen molar-refractivity contribution in [2.45, 2.75) is 70.4 Å². The molecular weight excluding hydrogens is 230 g/mol. The van der Waals surface area contributed by atoms with E-state index in [1.54, 1.807) is 11.1 Å². The molecule has 104 valence electrons. The van der Waals surface area contributed by atoms with Crippen molar-refractivity contribution in [3.63, 3.8) is 0 Å². The molecule has 1 saturated carbocycles. The lowest BCUT2D eigenvalue weighted by molar-refractivity contribution is 0.311. The average molecular weight is 257 g/mol. The Bertz CT molecular complexity index is 379. The molecule has 1 N–H and O–H groups in total. The number of hydrogen-bond acceptors (Lipinski definition) is 1. The van der Waals surface area contributed by atoms with Crippen molar-refractivity contribution in [1.82, 2.24) is 5.32 Å². The quantitative estimate of drug-likeness (QED) is 0.804. The minimum Gasteiger partial charge on any atom is -0.311 e. The molecule has 3 rings (SSSR count). The van der Waals surface area contributed by atoms with Crippen molar-refractivity contribution in [3.05, 3.63) is 35.4 Å². The summed E-state index contributed by atoms with van der Waals surface area (Å²) in [5.74, 6) is 0.909. The maximum Gasteiger partial charge on any atom is 0.0151 e. The fourth-order valence-corrected chi connectivity index (χ4v) is 4.00. The molecule has 0 bridgehead atoms. The van der Waals surface area contributed by atoms with E-state index >= 15 is 0 Å². The summed E-state index contributed by atoms with van der Waals surface area (Å²) in [5, 5.41) is 3.92. The Morgan fingerprint density at radius 1 is 0.947 bits per heavy atom. The highest BCUT2D eigenvalue weighted by molar-refractivity contribution is 5.33. The molecule has 1 heteroatoms. The Morgan fingerprint density at radius 3 is 2.11 bits per heavy atom. The third-order valence-electron chi connectivity index (χ3n) is 5.16. The summed E-state index contributed by atoms with van der Waals surface area (Å²) in [6.07, 6.45) is 11.1. The van der Waals surface area contributed by atoms with Gasteiger partial charge in [0.15, 0.2) is 0 Å². The number of benzene rings is 1. The Labute approximate surface area is 117 Å². The second kappa shape index (κ2) is 6.09. The van der Waals surface area contributed by atoms with Crippen molar-refractivity contribution in [1.29, 1.82) is 0 Å². The van der Waals surface area contributed by atoms with Crippen LogP contribution in [-0.2, 0) is 12.8 Å². The molecule has 2 aliphatic rings. The van der Waals surface area contributed by atoms with E-state index in [1.807, 2.05) is 0 Å². The Balaban J connectivity index is 1.55. The van der Waals surface area contributed by atoms with Crippen LogP contribution in [0, 0.1) is 5.92 Å². The summed E-state index contributed by atoms with van der Waals surface area (Å²) in [4.78, 5) is 0. The van der Waals surface area contributed by atoms with Gasteiger partial charge in [-0.2, -0.15) is 0 Å². The SMILES string of the molecule is C[C@@H](NC1Cc2ccccc2C1)C1CCCCCC1. The lowest BCUT2D eigenvalue weighted by Crippen LogP contribution is -2.41. The third-order valence-corrected chi connectivity index (χ3v) is 5.16. The minimum absolute atomic E-state index is 0.677. The zero-order valence-corrected chi connectivity index (χ0v) is 12.2. The molecule has 0 spiro atoms. The Morgan fingerprint density at radius 2 is 1.53 bits per heavy atom. The van der Waals surface area contributed by atoms with Gasteiger partial charge < -0.3 is 5.32 Å². The van der Waals surface area contributed by atoms with Crippen LogP contribution in [-0.4, -0.2) is 12.1 Å². The Hall–Kier alpha value is -0.820. The highest BCUT2D eigenvalue weighted by Gasteiger charge is 2.25. The molecule has 1 nitrogen and oxygen atoms in total. The fourth-order valence-electron chi connectivity index (χ4n) is 4.00. The van der Waals surface area contributed by atoms with Gasteiger partial charge in [-0.15, -0.1) is 0 Å². The average Bonchev–Trinajstić information content (AvgIpc) is 2.63. The van der Waals surface area contributed by atoms with Crippen LogP contribution < -0.4 is 5.32 Å². The molecule has 0 heterocycles. The van der Waals surface area contributed by atoms with Gasteiger partial charge in [-0.1, -0.05) is 49.9 Å². The van der Waals surface area contributed by atoms with Crippen LogP contribution in [0.1, 0.15) is 56.6 Å². The maximum absolute atomic E-state index is 3.92. The second-order valence-corrected chi connectivity index (χ2v) is 6.58. The van der Waals surface area contributed by atoms with Crippen molar-refractivity contribution in [2.75, 3.05) is 0 Å². The van der Waals surface area contributed by atoms with Crippen LogP contribution in [0.4, 0.5) is 0 Å². The topological polar surface area (TPSA) is 12.0 Å². The molecule has 0 unspecified atom stereocenters. The summed E-state index contributed by atoms with van der Waals surface area (Å²) >= 11 is 0. The van der Waals surface area contributed by atoms with Crippen LogP contribution in [0.2, 0.25) is 0 Å². The summed E-state index contributed by atoms with van der Waals surface area (Å²) in [5.41, 5.74) is 3.13. The summed E-state index contributed by atoms with van der Waals surface area (Å²) in [7, 11) is 0. The van der Waals surface area contributed by atoms with Crippen molar-refractivity contribution in [3.8, 4) is 0 Å². The van der Waals surface area contributed by atoms with Crippen LogP contribution in [0.15, 0.2) is 24.3 Å². The summed E-state index contributed by atoms with van der Waals surface area (Å²) in [6, 6.07) is 10.3. The van der Waals surface area contributed by atoms with Gasteiger partial charge in [0.1, 0.15) is 0 Å². The van der Waals surface area contributed by atoms with Gasteiger partial charge in [0.25, 0.3) is 0 Å². The Kier molecular flexibility index (Phi) is 4.22. The summed E-state index contributed by atoms with van der Waals surface area (Å²) in [6.45, 7) is 2.42. The van der Waals surface area contributed by atoms with E-state index in [-0.39, 0.29) is 0 Å². The number of hydrogen-bond donors (Lipinski definition) is 1.